The second-order valence-corrected chi connectivity index (χ2v) is 4.72. The van der Waals surface area contributed by atoms with Crippen molar-refractivity contribution >= 4 is 11.6 Å². The third-order valence-corrected chi connectivity index (χ3v) is 2.87. The summed E-state index contributed by atoms with van der Waals surface area (Å²) < 4.78 is 0. The van der Waals surface area contributed by atoms with E-state index < -0.39 is 0 Å². The minimum atomic E-state index is -0.0112. The van der Waals surface area contributed by atoms with Gasteiger partial charge < -0.3 is 20.8 Å². The summed E-state index contributed by atoms with van der Waals surface area (Å²) in [4.78, 5) is 22.2. The molecule has 0 atom stereocenters. The zero-order valence-electron chi connectivity index (χ0n) is 13.6. The summed E-state index contributed by atoms with van der Waals surface area (Å²) in [6, 6.07) is 0. The van der Waals surface area contributed by atoms with Crippen LogP contribution >= 0.6 is 0 Å². The van der Waals surface area contributed by atoms with Crippen molar-refractivity contribution in [1.82, 2.24) is 10.6 Å². The molecular weight excluding hydrogens is 367 g/mol. The Morgan fingerprint density at radius 1 is 0.720 bits per heavy atom. The van der Waals surface area contributed by atoms with Crippen LogP contribution in [0.25, 0.3) is 0 Å². The molecule has 7 heteroatoms. The Kier molecular flexibility index (Phi) is 12.9. The van der Waals surface area contributed by atoms with Crippen LogP contribution in [0.3, 0.4) is 0 Å². The van der Waals surface area contributed by atoms with E-state index in [4.69, 9.17) is 10.2 Å². The van der Waals surface area contributed by atoms with Crippen LogP contribution in [0.5, 0.6) is 0 Å². The Labute approximate surface area is 157 Å². The van der Waals surface area contributed by atoms with E-state index in [1.807, 2.05) is 0 Å². The van der Waals surface area contributed by atoms with Gasteiger partial charge in [-0.05, 0) is 24.3 Å². The monoisotopic (exact) mass is 389 g/mol. The first-order valence-electron chi connectivity index (χ1n) is 7.56. The van der Waals surface area contributed by atoms with Gasteiger partial charge in [-0.2, -0.15) is 0 Å². The van der Waals surface area contributed by atoms with Crippen LogP contribution in [0.1, 0.15) is 0 Å². The van der Waals surface area contributed by atoms with Crippen LogP contribution in [-0.4, -0.2) is 48.1 Å². The number of aliphatic hydroxyl groups is 2. The first kappa shape index (κ1) is 22.8. The van der Waals surface area contributed by atoms with Crippen molar-refractivity contribution in [2.24, 2.45) is 0 Å². The molecule has 0 aromatic heterocycles. The van der Waals surface area contributed by atoms with Gasteiger partial charge in [-0.25, -0.2) is 0 Å². The van der Waals surface area contributed by atoms with E-state index in [0.29, 0.717) is 24.2 Å². The van der Waals surface area contributed by atoms with Crippen LogP contribution in [0.2, 0.25) is 0 Å². The van der Waals surface area contributed by atoms with Gasteiger partial charge in [-0.15, -0.1) is 0 Å². The molecule has 6 nitrogen and oxygen atoms in total. The zero-order valence-corrected chi connectivity index (χ0v) is 14.7. The van der Waals surface area contributed by atoms with Gasteiger partial charge in [-0.1, -0.05) is 24.3 Å². The van der Waals surface area contributed by atoms with Crippen molar-refractivity contribution in [3.63, 3.8) is 0 Å². The molecule has 0 bridgehead atoms. The largest absolute Gasteiger partial charge is 0.395 e. The normalized spacial score (nSPS) is 18.0. The van der Waals surface area contributed by atoms with E-state index in [2.05, 4.69) is 10.6 Å². The van der Waals surface area contributed by atoms with E-state index in [-0.39, 0.29) is 41.6 Å². The molecule has 0 amide bonds. The quantitative estimate of drug-likeness (QED) is 0.385. The molecule has 0 fully saturated rings. The number of ketones is 2. The molecule has 0 aliphatic heterocycles. The predicted octanol–water partition coefficient (Wildman–Crippen LogP) is 0.292. The van der Waals surface area contributed by atoms with E-state index in [1.165, 1.54) is 12.2 Å². The third-order valence-electron chi connectivity index (χ3n) is 2.87. The number of rotatable bonds is 6. The maximum Gasteiger partial charge on any atom is 0.187 e. The van der Waals surface area contributed by atoms with E-state index in [0.717, 1.165) is 0 Å². The van der Waals surface area contributed by atoms with Crippen molar-refractivity contribution in [1.29, 1.82) is 0 Å². The molecule has 2 rings (SSSR count). The summed E-state index contributed by atoms with van der Waals surface area (Å²) in [7, 11) is 0. The molecule has 0 saturated carbocycles. The molecule has 25 heavy (non-hydrogen) atoms. The molecule has 0 saturated heterocycles. The SMILES string of the molecule is O=C1C=CC=CC1=CNCCO.O=C1C=CC=CC1=CNCCO.[Co]. The molecule has 0 heterocycles. The molecule has 0 unspecified atom stereocenters. The van der Waals surface area contributed by atoms with E-state index >= 15 is 0 Å². The minimum absolute atomic E-state index is 0. The molecule has 1 radical (unpaired) electrons. The summed E-state index contributed by atoms with van der Waals surface area (Å²) in [5.41, 5.74) is 1.23. The molecule has 2 aliphatic rings. The molecule has 137 valence electrons. The second-order valence-electron chi connectivity index (χ2n) is 4.72. The smallest absolute Gasteiger partial charge is 0.187 e. The number of allylic oxidation sites excluding steroid dienone is 10. The van der Waals surface area contributed by atoms with E-state index in [1.54, 1.807) is 48.9 Å². The Morgan fingerprint density at radius 3 is 1.40 bits per heavy atom. The van der Waals surface area contributed by atoms with Crippen molar-refractivity contribution < 1.29 is 36.6 Å². The summed E-state index contributed by atoms with van der Waals surface area (Å²) in [5, 5.41) is 22.5. The number of hydrogen-bond acceptors (Lipinski definition) is 6. The average Bonchev–Trinajstić information content (AvgIpc) is 2.59. The predicted molar refractivity (Wildman–Crippen MR) is 92.9 cm³/mol. The number of nitrogens with one attached hydrogen (secondary N) is 2. The first-order valence-corrected chi connectivity index (χ1v) is 7.56. The van der Waals surface area contributed by atoms with Crippen LogP contribution in [0.4, 0.5) is 0 Å². The van der Waals surface area contributed by atoms with Crippen LogP contribution in [-0.2, 0) is 26.4 Å². The van der Waals surface area contributed by atoms with Gasteiger partial charge in [0.05, 0.1) is 13.2 Å². The third kappa shape index (κ3) is 9.63. The molecular formula is C18H22CoN2O4. The van der Waals surface area contributed by atoms with Crippen molar-refractivity contribution in [2.45, 2.75) is 0 Å². The zero-order chi connectivity index (χ0) is 17.6. The number of carbonyl (C=O) groups is 2. The van der Waals surface area contributed by atoms with Crippen LogP contribution in [0, 0.1) is 0 Å². The van der Waals surface area contributed by atoms with Gasteiger partial charge in [0.25, 0.3) is 0 Å². The number of aliphatic hydroxyl groups excluding tert-OH is 2. The summed E-state index contributed by atoms with van der Waals surface area (Å²) >= 11 is 0. The van der Waals surface area contributed by atoms with Crippen LogP contribution in [0.15, 0.2) is 72.2 Å². The van der Waals surface area contributed by atoms with Gasteiger partial charge in [-0.3, -0.25) is 9.59 Å². The summed E-state index contributed by atoms with van der Waals surface area (Å²) in [5.74, 6) is -0.0223. The van der Waals surface area contributed by atoms with Crippen LogP contribution < -0.4 is 10.6 Å². The maximum atomic E-state index is 11.1. The minimum Gasteiger partial charge on any atom is -0.395 e. The first-order chi connectivity index (χ1) is 11.7. The molecule has 0 spiro atoms. The fraction of sp³-hybridized carbons (Fsp3) is 0.222. The Hall–Kier alpha value is -2.19. The van der Waals surface area contributed by atoms with Gasteiger partial charge in [0, 0.05) is 53.4 Å². The Morgan fingerprint density at radius 2 is 1.08 bits per heavy atom. The molecule has 4 N–H and O–H groups in total. The van der Waals surface area contributed by atoms with Gasteiger partial charge in [0.2, 0.25) is 0 Å². The van der Waals surface area contributed by atoms with Gasteiger partial charge in [0.1, 0.15) is 0 Å². The maximum absolute atomic E-state index is 11.1. The molecule has 2 aliphatic carbocycles. The summed E-state index contributed by atoms with van der Waals surface area (Å²) in [6.07, 6.45) is 16.7. The number of carbonyl (C=O) groups excluding carboxylic acids is 2. The van der Waals surface area contributed by atoms with E-state index in [9.17, 15) is 9.59 Å². The fourth-order valence-corrected chi connectivity index (χ4v) is 1.69. The Bertz CT molecular complexity index is 563. The van der Waals surface area contributed by atoms with Gasteiger partial charge >= 0.3 is 0 Å². The average molecular weight is 389 g/mol. The number of hydrogen-bond donors (Lipinski definition) is 4. The standard InChI is InChI=1S/2C9H11NO2.Co/c2*11-6-5-10-7-8-3-1-2-4-9(8)12;/h2*1-4,7,10-11H,5-6H2;. The van der Waals surface area contributed by atoms with Crippen molar-refractivity contribution in [3.8, 4) is 0 Å². The molecule has 0 aromatic carbocycles. The fourth-order valence-electron chi connectivity index (χ4n) is 1.69. The van der Waals surface area contributed by atoms with Crippen molar-refractivity contribution in [3.05, 3.63) is 72.2 Å². The molecule has 0 aromatic rings. The second kappa shape index (κ2) is 14.2. The van der Waals surface area contributed by atoms with Gasteiger partial charge in [0.15, 0.2) is 11.6 Å². The van der Waals surface area contributed by atoms with Crippen molar-refractivity contribution in [2.75, 3.05) is 26.3 Å². The topological polar surface area (TPSA) is 98.7 Å². The Balaban J connectivity index is 0.000000443. The summed E-state index contributed by atoms with van der Waals surface area (Å²) in [6.45, 7) is 1.07.